The number of hydrogen-bond acceptors (Lipinski definition) is 8. The van der Waals surface area contributed by atoms with Crippen LogP contribution in [0.5, 0.6) is 11.5 Å². The van der Waals surface area contributed by atoms with Gasteiger partial charge in [-0.2, -0.15) is 0 Å². The number of thiazole rings is 1. The zero-order valence-corrected chi connectivity index (χ0v) is 20.2. The molecule has 2 heterocycles. The van der Waals surface area contributed by atoms with Gasteiger partial charge in [0.15, 0.2) is 11.5 Å². The van der Waals surface area contributed by atoms with Crippen LogP contribution in [-0.4, -0.2) is 37.7 Å². The standard InChI is InChI=1S/C24H22N2O5S2/c1-5-31-24(28)20-13(2)18(22-25-15-10-6-7-12-17(15)32-22)23(33-20)26-21(27)14-9-8-11-16(29-3)19(14)30-4/h6-12H,5H2,1-4H3,(H,26,27). The molecule has 170 valence electrons. The summed E-state index contributed by atoms with van der Waals surface area (Å²) in [6.45, 7) is 3.86. The molecule has 4 aromatic rings. The molecule has 0 saturated heterocycles. The highest BCUT2D eigenvalue weighted by molar-refractivity contribution is 7.23. The molecule has 1 amide bonds. The zero-order valence-electron chi connectivity index (χ0n) is 18.6. The highest BCUT2D eigenvalue weighted by Crippen LogP contribution is 2.44. The number of methoxy groups -OCH3 is 2. The monoisotopic (exact) mass is 482 g/mol. The second kappa shape index (κ2) is 9.60. The SMILES string of the molecule is CCOC(=O)c1sc(NC(=O)c2cccc(OC)c2OC)c(-c2nc3ccccc3s2)c1C. The Kier molecular flexibility index (Phi) is 6.62. The van der Waals surface area contributed by atoms with Gasteiger partial charge in [0.05, 0.1) is 36.6 Å². The molecule has 2 aromatic heterocycles. The Morgan fingerprint density at radius 3 is 2.52 bits per heavy atom. The first-order chi connectivity index (χ1) is 16.0. The highest BCUT2D eigenvalue weighted by atomic mass is 32.1. The Hall–Kier alpha value is -3.43. The minimum Gasteiger partial charge on any atom is -0.493 e. The summed E-state index contributed by atoms with van der Waals surface area (Å²) in [6.07, 6.45) is 0. The molecule has 2 aromatic carbocycles. The molecule has 0 spiro atoms. The largest absolute Gasteiger partial charge is 0.493 e. The summed E-state index contributed by atoms with van der Waals surface area (Å²) in [7, 11) is 2.99. The summed E-state index contributed by atoms with van der Waals surface area (Å²) in [6, 6.07) is 12.9. The topological polar surface area (TPSA) is 86.8 Å². The van der Waals surface area contributed by atoms with Crippen molar-refractivity contribution in [1.82, 2.24) is 4.98 Å². The first kappa shape index (κ1) is 22.8. The van der Waals surface area contributed by atoms with Gasteiger partial charge in [-0.25, -0.2) is 9.78 Å². The van der Waals surface area contributed by atoms with Gasteiger partial charge in [0.1, 0.15) is 14.9 Å². The lowest BCUT2D eigenvalue weighted by atomic mass is 10.1. The van der Waals surface area contributed by atoms with E-state index in [9.17, 15) is 9.59 Å². The van der Waals surface area contributed by atoms with Gasteiger partial charge in [0, 0.05) is 5.56 Å². The number of rotatable bonds is 7. The van der Waals surface area contributed by atoms with Crippen molar-refractivity contribution in [3.63, 3.8) is 0 Å². The van der Waals surface area contributed by atoms with Gasteiger partial charge in [0.25, 0.3) is 5.91 Å². The van der Waals surface area contributed by atoms with E-state index in [4.69, 9.17) is 19.2 Å². The third-order valence-electron chi connectivity index (χ3n) is 4.99. The lowest BCUT2D eigenvalue weighted by Crippen LogP contribution is -2.13. The predicted octanol–water partition coefficient (Wildman–Crippen LogP) is 5.78. The van der Waals surface area contributed by atoms with Crippen LogP contribution >= 0.6 is 22.7 Å². The molecule has 33 heavy (non-hydrogen) atoms. The van der Waals surface area contributed by atoms with Crippen LogP contribution in [0.2, 0.25) is 0 Å². The number of nitrogens with zero attached hydrogens (tertiary/aromatic N) is 1. The number of fused-ring (bicyclic) bond motifs is 1. The number of amides is 1. The molecule has 0 radical (unpaired) electrons. The van der Waals surface area contributed by atoms with Crippen LogP contribution in [0, 0.1) is 6.92 Å². The fourth-order valence-corrected chi connectivity index (χ4v) is 5.70. The second-order valence-corrected chi connectivity index (χ2v) is 9.01. The normalized spacial score (nSPS) is 10.8. The number of thiophene rings is 1. The van der Waals surface area contributed by atoms with Crippen molar-refractivity contribution in [2.24, 2.45) is 0 Å². The van der Waals surface area contributed by atoms with Crippen molar-refractivity contribution >= 4 is 49.8 Å². The van der Waals surface area contributed by atoms with Crippen LogP contribution < -0.4 is 14.8 Å². The van der Waals surface area contributed by atoms with E-state index in [1.54, 1.807) is 25.1 Å². The van der Waals surface area contributed by atoms with Crippen molar-refractivity contribution in [2.45, 2.75) is 13.8 Å². The van der Waals surface area contributed by atoms with Crippen LogP contribution in [0.25, 0.3) is 20.8 Å². The van der Waals surface area contributed by atoms with Crippen molar-refractivity contribution in [2.75, 3.05) is 26.1 Å². The van der Waals surface area contributed by atoms with E-state index in [1.165, 1.54) is 36.9 Å². The first-order valence-electron chi connectivity index (χ1n) is 10.2. The maximum absolute atomic E-state index is 13.3. The molecule has 1 N–H and O–H groups in total. The van der Waals surface area contributed by atoms with Crippen LogP contribution in [0.4, 0.5) is 5.00 Å². The van der Waals surface area contributed by atoms with Crippen molar-refractivity contribution < 1.29 is 23.8 Å². The summed E-state index contributed by atoms with van der Waals surface area (Å²) in [5.74, 6) is -0.0318. The quantitative estimate of drug-likeness (QED) is 0.336. The number of carbonyl (C=O) groups is 2. The summed E-state index contributed by atoms with van der Waals surface area (Å²) in [5.41, 5.74) is 2.59. The molecule has 0 aliphatic rings. The number of esters is 1. The van der Waals surface area contributed by atoms with Crippen LogP contribution in [-0.2, 0) is 4.74 Å². The number of carbonyl (C=O) groups excluding carboxylic acids is 2. The number of ether oxygens (including phenoxy) is 3. The van der Waals surface area contributed by atoms with E-state index < -0.39 is 5.97 Å². The minimum absolute atomic E-state index is 0.259. The first-order valence-corrected chi connectivity index (χ1v) is 11.8. The van der Waals surface area contributed by atoms with Crippen molar-refractivity contribution in [3.8, 4) is 22.1 Å². The number of hydrogen-bond donors (Lipinski definition) is 1. The lowest BCUT2D eigenvalue weighted by Gasteiger charge is -2.12. The van der Waals surface area contributed by atoms with E-state index in [1.807, 2.05) is 31.2 Å². The summed E-state index contributed by atoms with van der Waals surface area (Å²) in [4.78, 5) is 31.0. The van der Waals surface area contributed by atoms with Gasteiger partial charge < -0.3 is 19.5 Å². The fourth-order valence-electron chi connectivity index (χ4n) is 3.47. The van der Waals surface area contributed by atoms with Gasteiger partial charge in [0.2, 0.25) is 0 Å². The molecule has 9 heteroatoms. The van der Waals surface area contributed by atoms with Crippen molar-refractivity contribution in [3.05, 3.63) is 58.5 Å². The Morgan fingerprint density at radius 1 is 1.03 bits per heavy atom. The third-order valence-corrected chi connectivity index (χ3v) is 7.23. The lowest BCUT2D eigenvalue weighted by molar-refractivity contribution is 0.0531. The maximum atomic E-state index is 13.3. The molecule has 7 nitrogen and oxygen atoms in total. The van der Waals surface area contributed by atoms with Crippen LogP contribution in [0.1, 0.15) is 32.5 Å². The molecule has 0 saturated carbocycles. The van der Waals surface area contributed by atoms with E-state index in [0.29, 0.717) is 43.1 Å². The van der Waals surface area contributed by atoms with Gasteiger partial charge in [-0.1, -0.05) is 18.2 Å². The van der Waals surface area contributed by atoms with Crippen LogP contribution in [0.15, 0.2) is 42.5 Å². The van der Waals surface area contributed by atoms with Crippen LogP contribution in [0.3, 0.4) is 0 Å². The summed E-state index contributed by atoms with van der Waals surface area (Å²) >= 11 is 2.67. The highest BCUT2D eigenvalue weighted by Gasteiger charge is 2.26. The third kappa shape index (κ3) is 4.29. The van der Waals surface area contributed by atoms with E-state index in [0.717, 1.165) is 10.2 Å². The molecular weight excluding hydrogens is 460 g/mol. The molecule has 0 aliphatic heterocycles. The Labute approximate surface area is 198 Å². The number of nitrogens with one attached hydrogen (secondary N) is 1. The smallest absolute Gasteiger partial charge is 0.348 e. The fraction of sp³-hybridized carbons (Fsp3) is 0.208. The van der Waals surface area contributed by atoms with Gasteiger partial charge in [-0.3, -0.25) is 4.79 Å². The van der Waals surface area contributed by atoms with Gasteiger partial charge in [-0.15, -0.1) is 22.7 Å². The predicted molar refractivity (Wildman–Crippen MR) is 131 cm³/mol. The molecule has 4 rings (SSSR count). The van der Waals surface area contributed by atoms with E-state index >= 15 is 0 Å². The number of anilines is 1. The van der Waals surface area contributed by atoms with Crippen molar-refractivity contribution in [1.29, 1.82) is 0 Å². The Balaban J connectivity index is 1.81. The Bertz CT molecular complexity index is 1310. The molecule has 0 fully saturated rings. The number of para-hydroxylation sites is 2. The van der Waals surface area contributed by atoms with E-state index in [-0.39, 0.29) is 12.5 Å². The average molecular weight is 483 g/mol. The molecule has 0 bridgehead atoms. The minimum atomic E-state index is -0.429. The van der Waals surface area contributed by atoms with E-state index in [2.05, 4.69) is 5.32 Å². The zero-order chi connectivity index (χ0) is 23.5. The van der Waals surface area contributed by atoms with Gasteiger partial charge >= 0.3 is 5.97 Å². The number of benzene rings is 2. The molecular formula is C24H22N2O5S2. The number of aromatic nitrogens is 1. The Morgan fingerprint density at radius 2 is 1.82 bits per heavy atom. The second-order valence-electron chi connectivity index (χ2n) is 6.96. The molecule has 0 unspecified atom stereocenters. The maximum Gasteiger partial charge on any atom is 0.348 e. The summed E-state index contributed by atoms with van der Waals surface area (Å²) < 4.78 is 17.0. The molecule has 0 atom stereocenters. The van der Waals surface area contributed by atoms with Gasteiger partial charge in [-0.05, 0) is 43.7 Å². The average Bonchev–Trinajstić information content (AvgIpc) is 3.38. The molecule has 0 aliphatic carbocycles. The summed E-state index contributed by atoms with van der Waals surface area (Å²) in [5, 5.41) is 4.19.